The van der Waals surface area contributed by atoms with E-state index in [1.165, 1.54) is 45.4 Å². The fourth-order valence-electron chi connectivity index (χ4n) is 1.93. The van der Waals surface area contributed by atoms with E-state index in [2.05, 4.69) is 6.92 Å². The summed E-state index contributed by atoms with van der Waals surface area (Å²) in [7, 11) is 0. The third-order valence-electron chi connectivity index (χ3n) is 3.39. The molecule has 4 heteroatoms. The van der Waals surface area contributed by atoms with E-state index in [9.17, 15) is 13.2 Å². The molecule has 2 unspecified atom stereocenters. The molecule has 0 aliphatic carbocycles. The molecule has 110 valence electrons. The zero-order valence-corrected chi connectivity index (χ0v) is 13.7. The first-order chi connectivity index (χ1) is 8.39. The van der Waals surface area contributed by atoms with Crippen LogP contribution in [0, 0.1) is 5.92 Å². The lowest BCUT2D eigenvalue weighted by Gasteiger charge is -2.21. The van der Waals surface area contributed by atoms with Gasteiger partial charge in [-0.05, 0) is 6.42 Å². The summed E-state index contributed by atoms with van der Waals surface area (Å²) in [5.74, 6) is -1.18. The van der Waals surface area contributed by atoms with Gasteiger partial charge in [-0.2, -0.15) is 13.2 Å². The number of alkyl halides is 4. The molecule has 0 rings (SSSR count). The first kappa shape index (κ1) is 18.5. The predicted octanol–water partition coefficient (Wildman–Crippen LogP) is 6.52. The van der Waals surface area contributed by atoms with Gasteiger partial charge < -0.3 is 0 Å². The summed E-state index contributed by atoms with van der Waals surface area (Å²) in [6.07, 6.45) is 6.22. The molecule has 0 bridgehead atoms. The van der Waals surface area contributed by atoms with E-state index in [1.54, 1.807) is 0 Å². The van der Waals surface area contributed by atoms with Gasteiger partial charge in [0.1, 0.15) is 0 Å². The summed E-state index contributed by atoms with van der Waals surface area (Å²) in [6, 6.07) is 0. The van der Waals surface area contributed by atoms with E-state index in [4.69, 9.17) is 0 Å². The lowest BCUT2D eigenvalue weighted by atomic mass is 10.0. The fraction of sp³-hybridized carbons (Fsp3) is 1.00. The quantitative estimate of drug-likeness (QED) is 0.231. The Hall–Kier alpha value is 0.520. The van der Waals surface area contributed by atoms with Crippen LogP contribution >= 0.6 is 22.6 Å². The van der Waals surface area contributed by atoms with Gasteiger partial charge in [0, 0.05) is 3.92 Å². The normalized spacial score (nSPS) is 15.7. The third kappa shape index (κ3) is 9.45. The van der Waals surface area contributed by atoms with E-state index >= 15 is 0 Å². The molecule has 0 N–H and O–H groups in total. The summed E-state index contributed by atoms with van der Waals surface area (Å²) in [6.45, 7) is 3.49. The molecular weight excluding hydrogens is 352 g/mol. The molecule has 0 aromatic carbocycles. The second-order valence-corrected chi connectivity index (χ2v) is 6.71. The summed E-state index contributed by atoms with van der Waals surface area (Å²) >= 11 is 1.95. The number of unbranched alkanes of at least 4 members (excludes halogenated alkanes) is 7. The van der Waals surface area contributed by atoms with E-state index in [1.807, 2.05) is 22.6 Å². The SMILES string of the molecule is CCCCCCCCCCC(I)C(C)C(F)(F)F. The molecule has 0 aromatic rings. The van der Waals surface area contributed by atoms with Crippen LogP contribution in [0.5, 0.6) is 0 Å². The minimum absolute atomic E-state index is 0.275. The highest BCUT2D eigenvalue weighted by molar-refractivity contribution is 14.1. The van der Waals surface area contributed by atoms with Crippen molar-refractivity contribution >= 4 is 22.6 Å². The van der Waals surface area contributed by atoms with Crippen LogP contribution in [0.3, 0.4) is 0 Å². The van der Waals surface area contributed by atoms with Crippen molar-refractivity contribution in [1.29, 1.82) is 0 Å². The molecule has 0 saturated carbocycles. The van der Waals surface area contributed by atoms with Crippen LogP contribution in [0.25, 0.3) is 0 Å². The minimum atomic E-state index is -4.04. The Kier molecular flexibility index (Phi) is 10.6. The number of halogens is 4. The van der Waals surface area contributed by atoms with Gasteiger partial charge >= 0.3 is 6.18 Å². The lowest BCUT2D eigenvalue weighted by Crippen LogP contribution is -2.27. The van der Waals surface area contributed by atoms with Crippen molar-refractivity contribution in [2.75, 3.05) is 0 Å². The van der Waals surface area contributed by atoms with Crippen LogP contribution < -0.4 is 0 Å². The Labute approximate surface area is 123 Å². The monoisotopic (exact) mass is 378 g/mol. The maximum Gasteiger partial charge on any atom is 0.392 e. The first-order valence-electron chi connectivity index (χ1n) is 7.10. The lowest BCUT2D eigenvalue weighted by molar-refractivity contribution is -0.168. The second-order valence-electron chi connectivity index (χ2n) is 5.11. The molecule has 0 nitrogen and oxygen atoms in total. The molecule has 0 radical (unpaired) electrons. The maximum absolute atomic E-state index is 12.4. The van der Waals surface area contributed by atoms with Gasteiger partial charge in [0.25, 0.3) is 0 Å². The van der Waals surface area contributed by atoms with E-state index < -0.39 is 12.1 Å². The summed E-state index contributed by atoms with van der Waals surface area (Å²) in [5.41, 5.74) is 0. The Balaban J connectivity index is 3.43. The van der Waals surface area contributed by atoms with Crippen molar-refractivity contribution < 1.29 is 13.2 Å². The molecule has 0 aliphatic rings. The number of hydrogen-bond donors (Lipinski definition) is 0. The molecule has 0 aliphatic heterocycles. The van der Waals surface area contributed by atoms with Crippen molar-refractivity contribution in [2.45, 2.75) is 81.7 Å². The van der Waals surface area contributed by atoms with Crippen LogP contribution in [0.1, 0.15) is 71.6 Å². The third-order valence-corrected chi connectivity index (χ3v) is 5.09. The van der Waals surface area contributed by atoms with Gasteiger partial charge in [-0.15, -0.1) is 0 Å². The Bertz CT molecular complexity index is 192. The number of rotatable bonds is 10. The van der Waals surface area contributed by atoms with Crippen molar-refractivity contribution in [2.24, 2.45) is 5.92 Å². The molecule has 0 fully saturated rings. The molecule has 0 aromatic heterocycles. The van der Waals surface area contributed by atoms with Gasteiger partial charge in [-0.25, -0.2) is 0 Å². The smallest absolute Gasteiger partial charge is 0.171 e. The molecular formula is C14H26F3I. The highest BCUT2D eigenvalue weighted by atomic mass is 127. The van der Waals surface area contributed by atoms with Crippen LogP contribution in [0.15, 0.2) is 0 Å². The summed E-state index contributed by atoms with van der Waals surface area (Å²) < 4.78 is 37.1. The Morgan fingerprint density at radius 1 is 0.889 bits per heavy atom. The van der Waals surface area contributed by atoms with Gasteiger partial charge in [-0.3, -0.25) is 0 Å². The van der Waals surface area contributed by atoms with E-state index in [-0.39, 0.29) is 3.92 Å². The average Bonchev–Trinajstić information content (AvgIpc) is 2.30. The second kappa shape index (κ2) is 10.3. The average molecular weight is 378 g/mol. The number of hydrogen-bond acceptors (Lipinski definition) is 0. The zero-order valence-electron chi connectivity index (χ0n) is 11.5. The van der Waals surface area contributed by atoms with Crippen LogP contribution in [0.4, 0.5) is 13.2 Å². The van der Waals surface area contributed by atoms with Crippen LogP contribution in [0.2, 0.25) is 0 Å². The van der Waals surface area contributed by atoms with Crippen molar-refractivity contribution in [3.05, 3.63) is 0 Å². The van der Waals surface area contributed by atoms with Crippen LogP contribution in [-0.4, -0.2) is 10.1 Å². The van der Waals surface area contributed by atoms with Crippen LogP contribution in [-0.2, 0) is 0 Å². The standard InChI is InChI=1S/C14H26F3I/c1-3-4-5-6-7-8-9-10-11-13(18)12(2)14(15,16)17/h12-13H,3-11H2,1-2H3. The Morgan fingerprint density at radius 3 is 1.78 bits per heavy atom. The fourth-order valence-corrected chi connectivity index (χ4v) is 2.78. The molecule has 0 spiro atoms. The predicted molar refractivity (Wildman–Crippen MR) is 80.3 cm³/mol. The highest BCUT2D eigenvalue weighted by Gasteiger charge is 2.39. The van der Waals surface area contributed by atoms with E-state index in [0.717, 1.165) is 12.8 Å². The van der Waals surface area contributed by atoms with Crippen molar-refractivity contribution in [1.82, 2.24) is 0 Å². The van der Waals surface area contributed by atoms with Crippen molar-refractivity contribution in [3.63, 3.8) is 0 Å². The molecule has 0 saturated heterocycles. The van der Waals surface area contributed by atoms with Gasteiger partial charge in [-0.1, -0.05) is 87.8 Å². The topological polar surface area (TPSA) is 0 Å². The van der Waals surface area contributed by atoms with Gasteiger partial charge in [0.15, 0.2) is 0 Å². The minimum Gasteiger partial charge on any atom is -0.171 e. The largest absolute Gasteiger partial charge is 0.392 e. The van der Waals surface area contributed by atoms with Crippen molar-refractivity contribution in [3.8, 4) is 0 Å². The maximum atomic E-state index is 12.4. The molecule has 18 heavy (non-hydrogen) atoms. The van der Waals surface area contributed by atoms with Gasteiger partial charge in [0.05, 0.1) is 5.92 Å². The Morgan fingerprint density at radius 2 is 1.33 bits per heavy atom. The molecule has 0 heterocycles. The zero-order chi connectivity index (χ0) is 14.0. The molecule has 2 atom stereocenters. The van der Waals surface area contributed by atoms with Gasteiger partial charge in [0.2, 0.25) is 0 Å². The molecule has 0 amide bonds. The summed E-state index contributed by atoms with van der Waals surface area (Å²) in [4.78, 5) is 0. The summed E-state index contributed by atoms with van der Waals surface area (Å²) in [5, 5.41) is 0. The highest BCUT2D eigenvalue weighted by Crippen LogP contribution is 2.34. The first-order valence-corrected chi connectivity index (χ1v) is 8.35. The van der Waals surface area contributed by atoms with E-state index in [0.29, 0.717) is 6.42 Å².